The van der Waals surface area contributed by atoms with Crippen molar-refractivity contribution in [2.45, 2.75) is 65.2 Å². The van der Waals surface area contributed by atoms with Gasteiger partial charge in [-0.1, -0.05) is 32.0 Å². The SMILES string of the molecule is CC[C@H](O)c1ccccc1OC(C)C(=O)NC(C)(C)CC. The van der Waals surface area contributed by atoms with Crippen LogP contribution in [0.4, 0.5) is 0 Å². The highest BCUT2D eigenvalue weighted by Gasteiger charge is 2.24. The third-order valence-electron chi connectivity index (χ3n) is 3.68. The van der Waals surface area contributed by atoms with Crippen LogP contribution < -0.4 is 10.1 Å². The average Bonchev–Trinajstić information content (AvgIpc) is 2.46. The lowest BCUT2D eigenvalue weighted by molar-refractivity contribution is -0.129. The molecule has 0 spiro atoms. The first kappa shape index (κ1) is 17.5. The minimum Gasteiger partial charge on any atom is -0.481 e. The molecule has 1 rings (SSSR count). The van der Waals surface area contributed by atoms with Crippen molar-refractivity contribution < 1.29 is 14.6 Å². The standard InChI is InChI=1S/C17H27NO3/c1-6-14(19)13-10-8-9-11-15(13)21-12(3)16(20)18-17(4,5)7-2/h8-12,14,19H,6-7H2,1-5H3,(H,18,20)/t12?,14-/m0/s1. The van der Waals surface area contributed by atoms with Gasteiger partial charge in [-0.3, -0.25) is 4.79 Å². The summed E-state index contributed by atoms with van der Waals surface area (Å²) in [5, 5.41) is 13.0. The number of carbonyl (C=O) groups is 1. The van der Waals surface area contributed by atoms with Crippen molar-refractivity contribution in [1.29, 1.82) is 0 Å². The van der Waals surface area contributed by atoms with Gasteiger partial charge in [0.15, 0.2) is 6.10 Å². The van der Waals surface area contributed by atoms with Gasteiger partial charge in [0, 0.05) is 11.1 Å². The number of aliphatic hydroxyl groups is 1. The van der Waals surface area contributed by atoms with Gasteiger partial charge in [0.1, 0.15) is 5.75 Å². The monoisotopic (exact) mass is 293 g/mol. The molecular formula is C17H27NO3. The number of hydrogen-bond donors (Lipinski definition) is 2. The summed E-state index contributed by atoms with van der Waals surface area (Å²) < 4.78 is 5.75. The Balaban J connectivity index is 2.79. The van der Waals surface area contributed by atoms with Gasteiger partial charge >= 0.3 is 0 Å². The predicted molar refractivity (Wildman–Crippen MR) is 84.3 cm³/mol. The summed E-state index contributed by atoms with van der Waals surface area (Å²) >= 11 is 0. The fourth-order valence-electron chi connectivity index (χ4n) is 1.85. The Hall–Kier alpha value is -1.55. The van der Waals surface area contributed by atoms with Gasteiger partial charge in [0.25, 0.3) is 5.91 Å². The maximum atomic E-state index is 12.2. The zero-order chi connectivity index (χ0) is 16.0. The van der Waals surface area contributed by atoms with Crippen LogP contribution in [-0.2, 0) is 4.79 Å². The second-order valence-corrected chi connectivity index (χ2v) is 5.95. The molecule has 4 heteroatoms. The molecule has 0 bridgehead atoms. The molecule has 0 aliphatic rings. The normalized spacial score (nSPS) is 14.4. The molecule has 0 heterocycles. The van der Waals surface area contributed by atoms with Crippen LogP contribution in [0.5, 0.6) is 5.75 Å². The molecular weight excluding hydrogens is 266 g/mol. The van der Waals surface area contributed by atoms with Crippen molar-refractivity contribution >= 4 is 5.91 Å². The van der Waals surface area contributed by atoms with E-state index in [1.165, 1.54) is 0 Å². The van der Waals surface area contributed by atoms with Gasteiger partial charge in [-0.15, -0.1) is 0 Å². The summed E-state index contributed by atoms with van der Waals surface area (Å²) in [7, 11) is 0. The van der Waals surface area contributed by atoms with E-state index in [-0.39, 0.29) is 11.4 Å². The lowest BCUT2D eigenvalue weighted by Crippen LogP contribution is -2.48. The van der Waals surface area contributed by atoms with Crippen LogP contribution in [-0.4, -0.2) is 22.7 Å². The van der Waals surface area contributed by atoms with Gasteiger partial charge in [-0.2, -0.15) is 0 Å². The Morgan fingerprint density at radius 1 is 1.33 bits per heavy atom. The number of amides is 1. The summed E-state index contributed by atoms with van der Waals surface area (Å²) in [6.45, 7) is 9.61. The highest BCUT2D eigenvalue weighted by molar-refractivity contribution is 5.81. The Morgan fingerprint density at radius 3 is 2.52 bits per heavy atom. The van der Waals surface area contributed by atoms with E-state index in [9.17, 15) is 9.90 Å². The second kappa shape index (κ2) is 7.46. The van der Waals surface area contributed by atoms with Crippen LogP contribution >= 0.6 is 0 Å². The van der Waals surface area contributed by atoms with Gasteiger partial charge in [-0.25, -0.2) is 0 Å². The van der Waals surface area contributed by atoms with Gasteiger partial charge in [0.05, 0.1) is 6.10 Å². The summed E-state index contributed by atoms with van der Waals surface area (Å²) in [4.78, 5) is 12.2. The highest BCUT2D eigenvalue weighted by atomic mass is 16.5. The van der Waals surface area contributed by atoms with Crippen molar-refractivity contribution in [2.75, 3.05) is 0 Å². The third kappa shape index (κ3) is 5.05. The number of carbonyl (C=O) groups excluding carboxylic acids is 1. The first-order chi connectivity index (χ1) is 9.80. The van der Waals surface area contributed by atoms with E-state index in [2.05, 4.69) is 5.32 Å². The van der Waals surface area contributed by atoms with Crippen molar-refractivity contribution in [3.63, 3.8) is 0 Å². The minimum absolute atomic E-state index is 0.150. The Morgan fingerprint density at radius 2 is 1.95 bits per heavy atom. The molecule has 0 radical (unpaired) electrons. The zero-order valence-electron chi connectivity index (χ0n) is 13.6. The number of para-hydroxylation sites is 1. The summed E-state index contributed by atoms with van der Waals surface area (Å²) in [6.07, 6.45) is 0.255. The molecule has 1 aromatic rings. The molecule has 2 N–H and O–H groups in total. The Kier molecular flexibility index (Phi) is 6.21. The molecule has 0 aliphatic carbocycles. The molecule has 4 nitrogen and oxygen atoms in total. The summed E-state index contributed by atoms with van der Waals surface area (Å²) in [6, 6.07) is 7.29. The zero-order valence-corrected chi connectivity index (χ0v) is 13.6. The molecule has 1 amide bonds. The van der Waals surface area contributed by atoms with E-state index in [4.69, 9.17) is 4.74 Å². The molecule has 0 saturated carbocycles. The fourth-order valence-corrected chi connectivity index (χ4v) is 1.85. The van der Waals surface area contributed by atoms with E-state index in [1.807, 2.05) is 45.9 Å². The Bertz CT molecular complexity index is 471. The van der Waals surface area contributed by atoms with Gasteiger partial charge < -0.3 is 15.2 Å². The lowest BCUT2D eigenvalue weighted by atomic mass is 10.0. The number of aliphatic hydroxyl groups excluding tert-OH is 1. The topological polar surface area (TPSA) is 58.6 Å². The minimum atomic E-state index is -0.610. The predicted octanol–water partition coefficient (Wildman–Crippen LogP) is 3.20. The number of benzene rings is 1. The third-order valence-corrected chi connectivity index (χ3v) is 3.68. The van der Waals surface area contributed by atoms with Crippen LogP contribution in [0.3, 0.4) is 0 Å². The first-order valence-corrected chi connectivity index (χ1v) is 7.56. The van der Waals surface area contributed by atoms with E-state index in [0.717, 1.165) is 12.0 Å². The van der Waals surface area contributed by atoms with Gasteiger partial charge in [-0.05, 0) is 39.7 Å². The first-order valence-electron chi connectivity index (χ1n) is 7.56. The summed E-state index contributed by atoms with van der Waals surface area (Å²) in [5.41, 5.74) is 0.464. The molecule has 0 aliphatic heterocycles. The molecule has 1 unspecified atom stereocenters. The smallest absolute Gasteiger partial charge is 0.261 e. The molecule has 0 fully saturated rings. The number of rotatable bonds is 7. The molecule has 2 atom stereocenters. The van der Waals surface area contributed by atoms with Crippen LogP contribution in [0.15, 0.2) is 24.3 Å². The fraction of sp³-hybridized carbons (Fsp3) is 0.588. The van der Waals surface area contributed by atoms with Crippen molar-refractivity contribution in [1.82, 2.24) is 5.32 Å². The van der Waals surface area contributed by atoms with Crippen molar-refractivity contribution in [3.8, 4) is 5.75 Å². The van der Waals surface area contributed by atoms with E-state index < -0.39 is 12.2 Å². The molecule has 118 valence electrons. The highest BCUT2D eigenvalue weighted by Crippen LogP contribution is 2.27. The number of hydrogen-bond acceptors (Lipinski definition) is 3. The molecule has 0 saturated heterocycles. The summed E-state index contributed by atoms with van der Waals surface area (Å²) in [5.74, 6) is 0.409. The lowest BCUT2D eigenvalue weighted by Gasteiger charge is -2.27. The molecule has 1 aromatic carbocycles. The quantitative estimate of drug-likeness (QED) is 0.811. The second-order valence-electron chi connectivity index (χ2n) is 5.95. The van der Waals surface area contributed by atoms with Crippen LogP contribution in [0, 0.1) is 0 Å². The largest absolute Gasteiger partial charge is 0.481 e. The van der Waals surface area contributed by atoms with Crippen LogP contribution in [0.2, 0.25) is 0 Å². The Labute approximate surface area is 127 Å². The van der Waals surface area contributed by atoms with E-state index in [0.29, 0.717) is 12.2 Å². The van der Waals surface area contributed by atoms with Crippen molar-refractivity contribution in [3.05, 3.63) is 29.8 Å². The molecule has 0 aromatic heterocycles. The van der Waals surface area contributed by atoms with E-state index in [1.54, 1.807) is 13.0 Å². The van der Waals surface area contributed by atoms with Crippen molar-refractivity contribution in [2.24, 2.45) is 0 Å². The van der Waals surface area contributed by atoms with Crippen LogP contribution in [0.25, 0.3) is 0 Å². The van der Waals surface area contributed by atoms with Gasteiger partial charge in [0.2, 0.25) is 0 Å². The maximum Gasteiger partial charge on any atom is 0.261 e. The van der Waals surface area contributed by atoms with E-state index >= 15 is 0 Å². The molecule has 21 heavy (non-hydrogen) atoms. The maximum absolute atomic E-state index is 12.2. The number of nitrogens with one attached hydrogen (secondary N) is 1. The van der Waals surface area contributed by atoms with Crippen LogP contribution in [0.1, 0.15) is 59.1 Å². The number of ether oxygens (including phenoxy) is 1. The average molecular weight is 293 g/mol.